The van der Waals surface area contributed by atoms with E-state index in [1.54, 1.807) is 0 Å². The topological polar surface area (TPSA) is 133 Å². The van der Waals surface area contributed by atoms with Gasteiger partial charge in [-0.05, 0) is 44.0 Å². The first-order valence-electron chi connectivity index (χ1n) is 7.64. The number of aryl methyl sites for hydroxylation is 1. The number of azo groups is 1. The van der Waals surface area contributed by atoms with Crippen molar-refractivity contribution >= 4 is 27.7 Å². The number of hydrogen-bond acceptors (Lipinski definition) is 8. The van der Waals surface area contributed by atoms with Crippen LogP contribution in [0, 0.1) is 6.92 Å². The van der Waals surface area contributed by atoms with Gasteiger partial charge in [-0.2, -0.15) is 8.42 Å². The molecule has 0 aliphatic rings. The molecule has 0 bridgehead atoms. The van der Waals surface area contributed by atoms with Gasteiger partial charge in [0.25, 0.3) is 5.95 Å². The van der Waals surface area contributed by atoms with Crippen LogP contribution in [0.1, 0.15) is 18.9 Å². The molecule has 1 aromatic carbocycles. The number of nitrogens with one attached hydrogen (secondary N) is 1. The van der Waals surface area contributed by atoms with Crippen LogP contribution < -0.4 is 4.90 Å². The van der Waals surface area contributed by atoms with Crippen molar-refractivity contribution in [3.05, 3.63) is 30.1 Å². The lowest BCUT2D eigenvalue weighted by Gasteiger charge is -2.23. The third kappa shape index (κ3) is 6.21. The standard InChI is InChI=1S/C14H20N6O4S/c1-3-20(7-4-8-24-25(21,22)23)12-5-6-13(11(2)9-12)17-19-14-15-10-16-18-14/h5-6,9-10H,3-4,7-8H2,1-2H3,(H,15,16,18)(H,21,22,23)/b19-17+. The minimum Gasteiger partial charge on any atom is -0.372 e. The normalized spacial score (nSPS) is 12.0. The highest BCUT2D eigenvalue weighted by Crippen LogP contribution is 2.26. The van der Waals surface area contributed by atoms with E-state index in [0.29, 0.717) is 24.6 Å². The SMILES string of the molecule is CCN(CCCOS(=O)(=O)O)c1ccc(/N=N/c2nnc[nH]2)c(C)c1. The van der Waals surface area contributed by atoms with Crippen molar-refractivity contribution in [2.24, 2.45) is 10.2 Å². The number of rotatable bonds is 9. The maximum Gasteiger partial charge on any atom is 0.397 e. The van der Waals surface area contributed by atoms with Gasteiger partial charge in [0.2, 0.25) is 0 Å². The molecule has 0 radical (unpaired) electrons. The van der Waals surface area contributed by atoms with Crippen LogP contribution in [0.15, 0.2) is 34.8 Å². The summed E-state index contributed by atoms with van der Waals surface area (Å²) in [6.45, 7) is 5.18. The summed E-state index contributed by atoms with van der Waals surface area (Å²) in [5, 5.41) is 15.5. The molecule has 0 unspecified atom stereocenters. The Morgan fingerprint density at radius 2 is 2.16 bits per heavy atom. The Morgan fingerprint density at radius 1 is 1.36 bits per heavy atom. The average molecular weight is 368 g/mol. The monoisotopic (exact) mass is 368 g/mol. The predicted octanol–water partition coefficient (Wildman–Crippen LogP) is 2.56. The van der Waals surface area contributed by atoms with E-state index in [9.17, 15) is 8.42 Å². The van der Waals surface area contributed by atoms with Crippen LogP contribution >= 0.6 is 0 Å². The van der Waals surface area contributed by atoms with Gasteiger partial charge in [-0.25, -0.2) is 4.18 Å². The fourth-order valence-corrected chi connectivity index (χ4v) is 2.52. The summed E-state index contributed by atoms with van der Waals surface area (Å²) in [5.74, 6) is 0.331. The van der Waals surface area contributed by atoms with E-state index in [2.05, 4.69) is 34.5 Å². The molecule has 1 heterocycles. The van der Waals surface area contributed by atoms with Crippen LogP contribution in [-0.4, -0.2) is 47.8 Å². The van der Waals surface area contributed by atoms with Crippen LogP contribution in [0.25, 0.3) is 0 Å². The minimum absolute atomic E-state index is 0.0716. The van der Waals surface area contributed by atoms with Crippen molar-refractivity contribution in [1.29, 1.82) is 0 Å². The van der Waals surface area contributed by atoms with Crippen molar-refractivity contribution in [2.75, 3.05) is 24.6 Å². The molecule has 136 valence electrons. The molecule has 2 N–H and O–H groups in total. The van der Waals surface area contributed by atoms with Gasteiger partial charge >= 0.3 is 10.4 Å². The molecule has 0 aliphatic heterocycles. The largest absolute Gasteiger partial charge is 0.397 e. The minimum atomic E-state index is -4.38. The maximum atomic E-state index is 10.5. The number of anilines is 1. The maximum absolute atomic E-state index is 10.5. The number of aromatic amines is 1. The Labute approximate surface area is 145 Å². The average Bonchev–Trinajstić information content (AvgIpc) is 3.06. The van der Waals surface area contributed by atoms with E-state index >= 15 is 0 Å². The van der Waals surface area contributed by atoms with Crippen LogP contribution in [-0.2, 0) is 14.6 Å². The molecule has 25 heavy (non-hydrogen) atoms. The zero-order chi connectivity index (χ0) is 18.3. The van der Waals surface area contributed by atoms with Gasteiger partial charge in [0.05, 0.1) is 12.3 Å². The molecule has 11 heteroatoms. The number of hydrogen-bond donors (Lipinski definition) is 2. The molecule has 0 saturated heterocycles. The van der Waals surface area contributed by atoms with Crippen LogP contribution in [0.3, 0.4) is 0 Å². The predicted molar refractivity (Wildman–Crippen MR) is 91.7 cm³/mol. The molecule has 0 saturated carbocycles. The second kappa shape index (κ2) is 8.65. The lowest BCUT2D eigenvalue weighted by molar-refractivity contribution is 0.266. The summed E-state index contributed by atoms with van der Waals surface area (Å²) in [6.07, 6.45) is 1.88. The molecule has 0 spiro atoms. The second-order valence-electron chi connectivity index (χ2n) is 5.17. The third-order valence-corrected chi connectivity index (χ3v) is 3.85. The molecular formula is C14H20N6O4S. The number of aromatic nitrogens is 3. The quantitative estimate of drug-likeness (QED) is 0.395. The highest BCUT2D eigenvalue weighted by atomic mass is 32.3. The van der Waals surface area contributed by atoms with Gasteiger partial charge in [-0.15, -0.1) is 20.4 Å². The molecule has 0 atom stereocenters. The van der Waals surface area contributed by atoms with E-state index in [4.69, 9.17) is 4.55 Å². The second-order valence-corrected chi connectivity index (χ2v) is 6.26. The summed E-state index contributed by atoms with van der Waals surface area (Å²) in [5.41, 5.74) is 2.63. The van der Waals surface area contributed by atoms with E-state index in [-0.39, 0.29) is 6.61 Å². The lowest BCUT2D eigenvalue weighted by atomic mass is 10.1. The Morgan fingerprint density at radius 3 is 2.76 bits per heavy atom. The van der Waals surface area contributed by atoms with Crippen molar-refractivity contribution in [2.45, 2.75) is 20.3 Å². The zero-order valence-electron chi connectivity index (χ0n) is 14.0. The van der Waals surface area contributed by atoms with Gasteiger partial charge in [0.15, 0.2) is 0 Å². The van der Waals surface area contributed by atoms with Crippen LogP contribution in [0.4, 0.5) is 17.3 Å². The van der Waals surface area contributed by atoms with Crippen LogP contribution in [0.5, 0.6) is 0 Å². The molecule has 0 aliphatic carbocycles. The van der Waals surface area contributed by atoms with Gasteiger partial charge < -0.3 is 9.88 Å². The fraction of sp³-hybridized carbons (Fsp3) is 0.429. The van der Waals surface area contributed by atoms with Gasteiger partial charge in [-0.1, -0.05) is 0 Å². The smallest absolute Gasteiger partial charge is 0.372 e. The van der Waals surface area contributed by atoms with E-state index in [1.807, 2.05) is 32.0 Å². The fourth-order valence-electron chi connectivity index (χ4n) is 2.19. The van der Waals surface area contributed by atoms with Crippen LogP contribution in [0.2, 0.25) is 0 Å². The highest BCUT2D eigenvalue weighted by molar-refractivity contribution is 7.80. The summed E-state index contributed by atoms with van der Waals surface area (Å²) in [7, 11) is -4.38. The summed E-state index contributed by atoms with van der Waals surface area (Å²) < 4.78 is 33.9. The first-order chi connectivity index (χ1) is 11.9. The highest BCUT2D eigenvalue weighted by Gasteiger charge is 2.09. The molecule has 0 fully saturated rings. The van der Waals surface area contributed by atoms with E-state index in [0.717, 1.165) is 17.8 Å². The Hall–Kier alpha value is -2.37. The Kier molecular flexibility index (Phi) is 6.56. The summed E-state index contributed by atoms with van der Waals surface area (Å²) in [4.78, 5) is 4.81. The number of benzene rings is 1. The molecule has 10 nitrogen and oxygen atoms in total. The van der Waals surface area contributed by atoms with Gasteiger partial charge in [0.1, 0.15) is 6.33 Å². The molecule has 2 rings (SSSR count). The number of nitrogens with zero attached hydrogens (tertiary/aromatic N) is 5. The van der Waals surface area contributed by atoms with Crippen molar-refractivity contribution < 1.29 is 17.2 Å². The van der Waals surface area contributed by atoms with Crippen molar-refractivity contribution in [3.63, 3.8) is 0 Å². The first kappa shape index (κ1) is 19.0. The van der Waals surface area contributed by atoms with E-state index < -0.39 is 10.4 Å². The molecule has 1 aromatic heterocycles. The number of H-pyrrole nitrogens is 1. The Balaban J connectivity index is 1.99. The zero-order valence-corrected chi connectivity index (χ0v) is 14.8. The van der Waals surface area contributed by atoms with Crippen molar-refractivity contribution in [3.8, 4) is 0 Å². The van der Waals surface area contributed by atoms with Gasteiger partial charge in [-0.3, -0.25) is 4.55 Å². The summed E-state index contributed by atoms with van der Waals surface area (Å²) in [6, 6.07) is 5.73. The molecule has 2 aromatic rings. The first-order valence-corrected chi connectivity index (χ1v) is 9.01. The van der Waals surface area contributed by atoms with Crippen molar-refractivity contribution in [1.82, 2.24) is 15.2 Å². The lowest BCUT2D eigenvalue weighted by Crippen LogP contribution is -2.25. The molecule has 0 amide bonds. The Bertz CT molecular complexity index is 807. The van der Waals surface area contributed by atoms with E-state index in [1.165, 1.54) is 6.33 Å². The van der Waals surface area contributed by atoms with Gasteiger partial charge in [0, 0.05) is 18.8 Å². The summed E-state index contributed by atoms with van der Waals surface area (Å²) >= 11 is 0. The molecular weight excluding hydrogens is 348 g/mol. The third-order valence-electron chi connectivity index (χ3n) is 3.39.